The summed E-state index contributed by atoms with van der Waals surface area (Å²) in [7, 11) is 0. The Hall–Kier alpha value is -2.37. The number of hydrogen-bond acceptors (Lipinski definition) is 5. The quantitative estimate of drug-likeness (QED) is 0.835. The molecule has 1 aliphatic carbocycles. The largest absolute Gasteiger partial charge is 0.493 e. The fourth-order valence-corrected chi connectivity index (χ4v) is 3.22. The Morgan fingerprint density at radius 1 is 1.28 bits per heavy atom. The number of likely N-dealkylation sites (tertiary alicyclic amines) is 1. The van der Waals surface area contributed by atoms with Crippen LogP contribution in [-0.2, 0) is 0 Å². The van der Waals surface area contributed by atoms with Gasteiger partial charge in [0.2, 0.25) is 5.89 Å². The molecule has 4 rings (SSSR count). The molecule has 25 heavy (non-hydrogen) atoms. The van der Waals surface area contributed by atoms with Crippen molar-refractivity contribution in [3.8, 4) is 5.75 Å². The zero-order valence-corrected chi connectivity index (χ0v) is 14.5. The highest BCUT2D eigenvalue weighted by Crippen LogP contribution is 2.30. The van der Waals surface area contributed by atoms with Gasteiger partial charge < -0.3 is 14.2 Å². The molecule has 1 atom stereocenters. The molecule has 2 heterocycles. The third kappa shape index (κ3) is 3.83. The molecule has 1 saturated carbocycles. The lowest BCUT2D eigenvalue weighted by Crippen LogP contribution is -2.39. The molecule has 6 nitrogen and oxygen atoms in total. The first-order valence-corrected chi connectivity index (χ1v) is 9.01. The predicted octanol–water partition coefficient (Wildman–Crippen LogP) is 3.19. The normalized spacial score (nSPS) is 20.5. The number of ether oxygens (including phenoxy) is 1. The Bertz CT molecular complexity index is 737. The van der Waals surface area contributed by atoms with E-state index in [1.165, 1.54) is 12.8 Å². The number of carbonyl (C=O) groups is 1. The van der Waals surface area contributed by atoms with E-state index in [-0.39, 0.29) is 11.8 Å². The summed E-state index contributed by atoms with van der Waals surface area (Å²) in [5.74, 6) is 3.01. The molecule has 0 bridgehead atoms. The van der Waals surface area contributed by atoms with Crippen molar-refractivity contribution in [3.63, 3.8) is 0 Å². The molecule has 2 fully saturated rings. The van der Waals surface area contributed by atoms with Gasteiger partial charge in [-0.15, -0.1) is 0 Å². The van der Waals surface area contributed by atoms with Crippen LogP contribution in [0.2, 0.25) is 0 Å². The van der Waals surface area contributed by atoms with Gasteiger partial charge in [-0.25, -0.2) is 0 Å². The van der Waals surface area contributed by atoms with Gasteiger partial charge in [0, 0.05) is 18.7 Å². The highest BCUT2D eigenvalue weighted by Gasteiger charge is 2.29. The number of hydrogen-bond donors (Lipinski definition) is 0. The topological polar surface area (TPSA) is 68.5 Å². The van der Waals surface area contributed by atoms with Crippen molar-refractivity contribution >= 4 is 5.91 Å². The smallest absolute Gasteiger partial charge is 0.253 e. The molecular weight excluding hydrogens is 318 g/mol. The van der Waals surface area contributed by atoms with E-state index in [0.29, 0.717) is 23.8 Å². The molecule has 1 aromatic heterocycles. The van der Waals surface area contributed by atoms with E-state index in [2.05, 4.69) is 10.1 Å². The average molecular weight is 341 g/mol. The summed E-state index contributed by atoms with van der Waals surface area (Å²) in [4.78, 5) is 19.0. The van der Waals surface area contributed by atoms with E-state index in [1.54, 1.807) is 0 Å². The Morgan fingerprint density at radius 2 is 2.08 bits per heavy atom. The number of carbonyl (C=O) groups excluding carboxylic acids is 1. The first kappa shape index (κ1) is 16.1. The Kier molecular flexibility index (Phi) is 4.42. The molecule has 2 aliphatic rings. The van der Waals surface area contributed by atoms with Crippen LogP contribution in [0.5, 0.6) is 5.75 Å². The van der Waals surface area contributed by atoms with Gasteiger partial charge in [-0.05, 0) is 62.8 Å². The summed E-state index contributed by atoms with van der Waals surface area (Å²) in [6, 6.07) is 7.48. The maximum absolute atomic E-state index is 12.8. The zero-order valence-electron chi connectivity index (χ0n) is 14.5. The first-order valence-electron chi connectivity index (χ1n) is 9.01. The molecule has 6 heteroatoms. The van der Waals surface area contributed by atoms with Crippen LogP contribution in [0.3, 0.4) is 0 Å². The molecule has 0 N–H and O–H groups in total. The van der Waals surface area contributed by atoms with Crippen LogP contribution < -0.4 is 4.74 Å². The van der Waals surface area contributed by atoms with Gasteiger partial charge in [0.1, 0.15) is 5.75 Å². The summed E-state index contributed by atoms with van der Waals surface area (Å²) in [6.45, 7) is 3.99. The van der Waals surface area contributed by atoms with Crippen LogP contribution in [0.1, 0.15) is 53.7 Å². The van der Waals surface area contributed by atoms with Gasteiger partial charge in [0.05, 0.1) is 12.5 Å². The second kappa shape index (κ2) is 6.86. The van der Waals surface area contributed by atoms with Crippen molar-refractivity contribution in [3.05, 3.63) is 41.5 Å². The number of nitrogens with zero attached hydrogens (tertiary/aromatic N) is 3. The Balaban J connectivity index is 1.39. The van der Waals surface area contributed by atoms with Crippen molar-refractivity contribution in [1.29, 1.82) is 0 Å². The van der Waals surface area contributed by atoms with Crippen LogP contribution in [0, 0.1) is 12.8 Å². The minimum atomic E-state index is 0.0506. The van der Waals surface area contributed by atoms with Crippen LogP contribution in [0.15, 0.2) is 28.8 Å². The lowest BCUT2D eigenvalue weighted by Gasteiger charge is -2.31. The van der Waals surface area contributed by atoms with Crippen molar-refractivity contribution < 1.29 is 14.1 Å². The third-order valence-corrected chi connectivity index (χ3v) is 4.89. The second-order valence-corrected chi connectivity index (χ2v) is 7.05. The molecule has 0 spiro atoms. The van der Waals surface area contributed by atoms with Crippen LogP contribution >= 0.6 is 0 Å². The third-order valence-electron chi connectivity index (χ3n) is 4.89. The molecule has 1 amide bonds. The number of rotatable bonds is 5. The number of amides is 1. The van der Waals surface area contributed by atoms with E-state index >= 15 is 0 Å². The van der Waals surface area contributed by atoms with Crippen molar-refractivity contribution in [2.45, 2.75) is 38.5 Å². The minimum absolute atomic E-state index is 0.0506. The highest BCUT2D eigenvalue weighted by atomic mass is 16.5. The van der Waals surface area contributed by atoms with Gasteiger partial charge in [0.15, 0.2) is 5.82 Å². The Labute approximate surface area is 147 Å². The van der Waals surface area contributed by atoms with E-state index in [4.69, 9.17) is 9.26 Å². The fraction of sp³-hybridized carbons (Fsp3) is 0.526. The molecule has 2 aromatic rings. The van der Waals surface area contributed by atoms with E-state index in [0.717, 1.165) is 37.7 Å². The maximum atomic E-state index is 12.8. The van der Waals surface area contributed by atoms with E-state index < -0.39 is 0 Å². The Morgan fingerprint density at radius 3 is 2.76 bits per heavy atom. The van der Waals surface area contributed by atoms with Gasteiger partial charge in [0.25, 0.3) is 5.91 Å². The molecule has 1 aliphatic heterocycles. The molecule has 0 radical (unpaired) electrons. The molecule has 0 unspecified atom stereocenters. The lowest BCUT2D eigenvalue weighted by molar-refractivity contribution is 0.0695. The second-order valence-electron chi connectivity index (χ2n) is 7.05. The summed E-state index contributed by atoms with van der Waals surface area (Å²) in [5, 5.41) is 3.86. The summed E-state index contributed by atoms with van der Waals surface area (Å²) in [5.41, 5.74) is 0.695. The molecular formula is C19H23N3O3. The SMILES string of the molecule is Cc1noc([C@@H]2CCCN(C(=O)c3ccc(OCC4CC4)cc3)C2)n1. The number of aromatic nitrogens is 2. The number of aryl methyl sites for hydroxylation is 1. The zero-order chi connectivity index (χ0) is 17.2. The van der Waals surface area contributed by atoms with Crippen LogP contribution in [0.25, 0.3) is 0 Å². The van der Waals surface area contributed by atoms with Gasteiger partial charge in [-0.1, -0.05) is 5.16 Å². The summed E-state index contributed by atoms with van der Waals surface area (Å²) < 4.78 is 11.0. The molecule has 1 saturated heterocycles. The molecule has 1 aromatic carbocycles. The fourth-order valence-electron chi connectivity index (χ4n) is 3.22. The summed E-state index contributed by atoms with van der Waals surface area (Å²) in [6.07, 6.45) is 4.46. The van der Waals surface area contributed by atoms with E-state index in [1.807, 2.05) is 36.1 Å². The minimum Gasteiger partial charge on any atom is -0.493 e. The van der Waals surface area contributed by atoms with Crippen LogP contribution in [-0.4, -0.2) is 40.6 Å². The van der Waals surface area contributed by atoms with Crippen molar-refractivity contribution in [1.82, 2.24) is 15.0 Å². The monoisotopic (exact) mass is 341 g/mol. The lowest BCUT2D eigenvalue weighted by atomic mass is 9.97. The maximum Gasteiger partial charge on any atom is 0.253 e. The van der Waals surface area contributed by atoms with Gasteiger partial charge in [-0.2, -0.15) is 4.98 Å². The highest BCUT2D eigenvalue weighted by molar-refractivity contribution is 5.94. The average Bonchev–Trinajstić information content (AvgIpc) is 3.39. The van der Waals surface area contributed by atoms with Crippen molar-refractivity contribution in [2.75, 3.05) is 19.7 Å². The van der Waals surface area contributed by atoms with Gasteiger partial charge in [-0.3, -0.25) is 4.79 Å². The molecule has 132 valence electrons. The van der Waals surface area contributed by atoms with Gasteiger partial charge >= 0.3 is 0 Å². The van der Waals surface area contributed by atoms with Crippen LogP contribution in [0.4, 0.5) is 0 Å². The summed E-state index contributed by atoms with van der Waals surface area (Å²) >= 11 is 0. The van der Waals surface area contributed by atoms with E-state index in [9.17, 15) is 4.79 Å². The number of piperidine rings is 1. The predicted molar refractivity (Wildman–Crippen MR) is 91.6 cm³/mol. The first-order chi connectivity index (χ1) is 12.2. The van der Waals surface area contributed by atoms with Crippen molar-refractivity contribution in [2.24, 2.45) is 5.92 Å². The number of benzene rings is 1. The standard InChI is InChI=1S/C19H23N3O3/c1-13-20-18(25-21-13)16-3-2-10-22(11-16)19(23)15-6-8-17(9-7-15)24-12-14-4-5-14/h6-9,14,16H,2-5,10-12H2,1H3/t16-/m1/s1.